The van der Waals surface area contributed by atoms with E-state index >= 15 is 0 Å². The SMILES string of the molecule is O=c1cc(N2CCOCC2)nc2n1CC[C@@H](C(F)(F)F)N2c1ccc(C(F)(F)F)cc1. The quantitative estimate of drug-likeness (QED) is 0.658. The van der Waals surface area contributed by atoms with Gasteiger partial charge in [0, 0.05) is 31.4 Å². The van der Waals surface area contributed by atoms with Crippen molar-refractivity contribution < 1.29 is 31.1 Å². The molecule has 0 radical (unpaired) electrons. The van der Waals surface area contributed by atoms with Gasteiger partial charge in [0.15, 0.2) is 0 Å². The Labute approximate surface area is 172 Å². The first-order valence-electron chi connectivity index (χ1n) is 9.53. The predicted molar refractivity (Wildman–Crippen MR) is 99.6 cm³/mol. The maximum absolute atomic E-state index is 13.8. The molecule has 1 fully saturated rings. The van der Waals surface area contributed by atoms with Crippen molar-refractivity contribution in [1.82, 2.24) is 9.55 Å². The van der Waals surface area contributed by atoms with Crippen LogP contribution in [0, 0.1) is 0 Å². The zero-order chi connectivity index (χ0) is 22.4. The summed E-state index contributed by atoms with van der Waals surface area (Å²) in [6.07, 6.45) is -9.74. The molecule has 0 spiro atoms. The number of hydrogen-bond donors (Lipinski definition) is 0. The molecule has 1 saturated heterocycles. The van der Waals surface area contributed by atoms with Gasteiger partial charge >= 0.3 is 12.4 Å². The van der Waals surface area contributed by atoms with Gasteiger partial charge in [-0.1, -0.05) is 0 Å². The van der Waals surface area contributed by atoms with Gasteiger partial charge in [-0.05, 0) is 30.7 Å². The summed E-state index contributed by atoms with van der Waals surface area (Å²) in [7, 11) is 0. The van der Waals surface area contributed by atoms with Crippen molar-refractivity contribution in [2.24, 2.45) is 0 Å². The molecule has 0 bridgehead atoms. The number of anilines is 3. The number of aromatic nitrogens is 2. The van der Waals surface area contributed by atoms with Gasteiger partial charge in [0.25, 0.3) is 5.56 Å². The molecular weight excluding hydrogens is 430 g/mol. The van der Waals surface area contributed by atoms with Crippen molar-refractivity contribution >= 4 is 17.5 Å². The van der Waals surface area contributed by atoms with Crippen LogP contribution in [0.2, 0.25) is 0 Å². The summed E-state index contributed by atoms with van der Waals surface area (Å²) >= 11 is 0. The molecule has 6 nitrogen and oxygen atoms in total. The lowest BCUT2D eigenvalue weighted by atomic mass is 10.1. The number of rotatable bonds is 2. The average molecular weight is 448 g/mol. The molecule has 31 heavy (non-hydrogen) atoms. The van der Waals surface area contributed by atoms with E-state index < -0.39 is 35.9 Å². The Morgan fingerprint density at radius 3 is 2.19 bits per heavy atom. The van der Waals surface area contributed by atoms with Crippen LogP contribution in [0.15, 0.2) is 35.1 Å². The fourth-order valence-corrected chi connectivity index (χ4v) is 3.77. The van der Waals surface area contributed by atoms with Crippen LogP contribution >= 0.6 is 0 Å². The highest BCUT2D eigenvalue weighted by Crippen LogP contribution is 2.40. The summed E-state index contributed by atoms with van der Waals surface area (Å²) in [5.74, 6) is -0.0402. The molecule has 0 saturated carbocycles. The number of alkyl halides is 6. The summed E-state index contributed by atoms with van der Waals surface area (Å²) in [6.45, 7) is 1.39. The van der Waals surface area contributed by atoms with Crippen LogP contribution in [-0.2, 0) is 17.5 Å². The van der Waals surface area contributed by atoms with Gasteiger partial charge < -0.3 is 9.64 Å². The Bertz CT molecular complexity index is 996. The lowest BCUT2D eigenvalue weighted by molar-refractivity contribution is -0.150. The fourth-order valence-electron chi connectivity index (χ4n) is 3.77. The van der Waals surface area contributed by atoms with Gasteiger partial charge in [-0.25, -0.2) is 0 Å². The second-order valence-corrected chi connectivity index (χ2v) is 7.26. The van der Waals surface area contributed by atoms with Crippen LogP contribution in [0.1, 0.15) is 12.0 Å². The van der Waals surface area contributed by atoms with Gasteiger partial charge in [-0.2, -0.15) is 31.3 Å². The molecule has 12 heteroatoms. The minimum absolute atomic E-state index is 0.130. The van der Waals surface area contributed by atoms with Crippen LogP contribution < -0.4 is 15.4 Å². The van der Waals surface area contributed by atoms with Crippen molar-refractivity contribution in [3.05, 3.63) is 46.2 Å². The van der Waals surface area contributed by atoms with Gasteiger partial charge in [0.05, 0.1) is 18.8 Å². The first kappa shape index (κ1) is 21.5. The molecule has 1 aromatic carbocycles. The van der Waals surface area contributed by atoms with Gasteiger partial charge in [-0.3, -0.25) is 14.3 Å². The molecule has 0 amide bonds. The fraction of sp³-hybridized carbons (Fsp3) is 0.474. The molecule has 2 aliphatic heterocycles. The second-order valence-electron chi connectivity index (χ2n) is 7.26. The Hall–Kier alpha value is -2.76. The minimum Gasteiger partial charge on any atom is -0.378 e. The molecule has 4 rings (SSSR count). The molecule has 0 unspecified atom stereocenters. The van der Waals surface area contributed by atoms with E-state index in [1.54, 1.807) is 4.90 Å². The number of halogens is 6. The number of nitrogens with zero attached hydrogens (tertiary/aromatic N) is 4. The first-order chi connectivity index (χ1) is 14.6. The molecule has 2 aliphatic rings. The Kier molecular flexibility index (Phi) is 5.36. The third kappa shape index (κ3) is 4.21. The van der Waals surface area contributed by atoms with Crippen LogP contribution in [0.5, 0.6) is 0 Å². The van der Waals surface area contributed by atoms with Gasteiger partial charge in [-0.15, -0.1) is 0 Å². The lowest BCUT2D eigenvalue weighted by Crippen LogP contribution is -2.50. The number of fused-ring (bicyclic) bond motifs is 1. The summed E-state index contributed by atoms with van der Waals surface area (Å²) in [5.41, 5.74) is -1.64. The summed E-state index contributed by atoms with van der Waals surface area (Å²) in [6, 6.07) is 2.58. The van der Waals surface area contributed by atoms with Crippen LogP contribution in [0.25, 0.3) is 0 Å². The summed E-state index contributed by atoms with van der Waals surface area (Å²) in [5, 5.41) is 0. The minimum atomic E-state index is -4.68. The Morgan fingerprint density at radius 1 is 0.968 bits per heavy atom. The van der Waals surface area contributed by atoms with Crippen molar-refractivity contribution in [1.29, 1.82) is 0 Å². The molecule has 0 N–H and O–H groups in total. The third-order valence-corrected chi connectivity index (χ3v) is 5.31. The van der Waals surface area contributed by atoms with E-state index in [4.69, 9.17) is 4.74 Å². The highest BCUT2D eigenvalue weighted by atomic mass is 19.4. The number of hydrogen-bond acceptors (Lipinski definition) is 5. The monoisotopic (exact) mass is 448 g/mol. The Morgan fingerprint density at radius 2 is 1.61 bits per heavy atom. The second kappa shape index (κ2) is 7.74. The molecule has 1 aromatic heterocycles. The summed E-state index contributed by atoms with van der Waals surface area (Å²) in [4.78, 5) is 19.5. The lowest BCUT2D eigenvalue weighted by Gasteiger charge is -2.39. The zero-order valence-corrected chi connectivity index (χ0v) is 16.1. The topological polar surface area (TPSA) is 50.6 Å². The van der Waals surface area contributed by atoms with Crippen molar-refractivity contribution in [3.8, 4) is 0 Å². The standard InChI is InChI=1S/C19H18F6N4O2/c20-18(21,22)12-1-3-13(4-2-12)29-14(19(23,24)25)5-6-28-16(30)11-15(26-17(28)29)27-7-9-31-10-8-27/h1-4,11,14H,5-10H2/t14-/m0/s1. The first-order valence-corrected chi connectivity index (χ1v) is 9.53. The van der Waals surface area contributed by atoms with E-state index in [0.717, 1.165) is 21.6 Å². The molecule has 2 aromatic rings. The van der Waals surface area contributed by atoms with Gasteiger partial charge in [0.2, 0.25) is 5.95 Å². The third-order valence-electron chi connectivity index (χ3n) is 5.31. The highest BCUT2D eigenvalue weighted by molar-refractivity contribution is 5.62. The Balaban J connectivity index is 1.83. The molecule has 0 aliphatic carbocycles. The molecule has 3 heterocycles. The van der Waals surface area contributed by atoms with E-state index in [9.17, 15) is 31.1 Å². The summed E-state index contributed by atoms with van der Waals surface area (Å²) < 4.78 is 86.6. The normalized spacial score (nSPS) is 20.0. The average Bonchev–Trinajstić information content (AvgIpc) is 2.72. The van der Waals surface area contributed by atoms with E-state index in [0.29, 0.717) is 38.4 Å². The van der Waals surface area contributed by atoms with E-state index in [-0.39, 0.29) is 24.0 Å². The van der Waals surface area contributed by atoms with E-state index in [1.807, 2.05) is 0 Å². The maximum Gasteiger partial charge on any atom is 0.416 e. The molecular formula is C19H18F6N4O2. The van der Waals surface area contributed by atoms with Crippen molar-refractivity contribution in [2.45, 2.75) is 31.4 Å². The maximum atomic E-state index is 13.8. The molecule has 168 valence electrons. The smallest absolute Gasteiger partial charge is 0.378 e. The molecule has 1 atom stereocenters. The van der Waals surface area contributed by atoms with Crippen LogP contribution in [-0.4, -0.2) is 48.1 Å². The number of morpholine rings is 1. The van der Waals surface area contributed by atoms with E-state index in [2.05, 4.69) is 4.98 Å². The predicted octanol–water partition coefficient (Wildman–Crippen LogP) is 3.57. The van der Waals surface area contributed by atoms with E-state index in [1.165, 1.54) is 6.07 Å². The highest BCUT2D eigenvalue weighted by Gasteiger charge is 2.47. The van der Waals surface area contributed by atoms with Crippen molar-refractivity contribution in [2.75, 3.05) is 36.1 Å². The van der Waals surface area contributed by atoms with Crippen LogP contribution in [0.3, 0.4) is 0 Å². The van der Waals surface area contributed by atoms with Crippen molar-refractivity contribution in [3.63, 3.8) is 0 Å². The zero-order valence-electron chi connectivity index (χ0n) is 16.1. The van der Waals surface area contributed by atoms with Gasteiger partial charge in [0.1, 0.15) is 11.9 Å². The van der Waals surface area contributed by atoms with Crippen LogP contribution in [0.4, 0.5) is 43.8 Å². The number of ether oxygens (including phenoxy) is 1. The largest absolute Gasteiger partial charge is 0.416 e. The number of benzene rings is 1.